The van der Waals surface area contributed by atoms with Crippen molar-refractivity contribution < 1.29 is 9.50 Å². The van der Waals surface area contributed by atoms with Crippen LogP contribution in [0.4, 0.5) is 10.2 Å². The molecule has 3 unspecified atom stereocenters. The van der Waals surface area contributed by atoms with Crippen molar-refractivity contribution in [1.29, 1.82) is 0 Å². The number of hydrogen-bond acceptors (Lipinski definition) is 8. The third kappa shape index (κ3) is 2.98. The van der Waals surface area contributed by atoms with E-state index in [4.69, 9.17) is 0 Å². The molecule has 0 radical (unpaired) electrons. The highest BCUT2D eigenvalue weighted by Gasteiger charge is 2.43. The van der Waals surface area contributed by atoms with Gasteiger partial charge in [-0.3, -0.25) is 4.79 Å². The zero-order valence-corrected chi connectivity index (χ0v) is 16.7. The number of rotatable bonds is 3. The number of nitrogens with one attached hydrogen (secondary N) is 1. The molecule has 10 heteroatoms. The molecule has 0 saturated carbocycles. The quantitative estimate of drug-likeness (QED) is 0.661. The van der Waals surface area contributed by atoms with Crippen LogP contribution >= 0.6 is 0 Å². The van der Waals surface area contributed by atoms with Crippen molar-refractivity contribution in [3.8, 4) is 17.1 Å². The second-order valence-electron chi connectivity index (χ2n) is 8.09. The molecule has 3 aromatic rings. The van der Waals surface area contributed by atoms with Crippen molar-refractivity contribution in [2.45, 2.75) is 43.6 Å². The lowest BCUT2D eigenvalue weighted by Crippen LogP contribution is -2.55. The van der Waals surface area contributed by atoms with E-state index in [0.29, 0.717) is 34.7 Å². The predicted octanol–water partition coefficient (Wildman–Crippen LogP) is 1.16. The number of anilines is 1. The molecular formula is C20H22FN7O2. The number of fused-ring (bicyclic) bond motifs is 3. The minimum Gasteiger partial charge on any atom is -0.507 e. The Hall–Kier alpha value is -3.14. The van der Waals surface area contributed by atoms with Crippen LogP contribution in [0.15, 0.2) is 29.5 Å². The number of aromatic nitrogens is 5. The highest BCUT2D eigenvalue weighted by atomic mass is 19.1. The number of aryl methyl sites for hydroxylation is 1. The number of hydrogen-bond donors (Lipinski definition) is 2. The monoisotopic (exact) mass is 411 g/mol. The van der Waals surface area contributed by atoms with Gasteiger partial charge in [0.2, 0.25) is 0 Å². The molecule has 2 aliphatic rings. The molecule has 0 amide bonds. The number of alkyl halides is 1. The van der Waals surface area contributed by atoms with Gasteiger partial charge in [0.25, 0.3) is 5.56 Å². The topological polar surface area (TPSA) is 109 Å². The van der Waals surface area contributed by atoms with Crippen LogP contribution in [0.2, 0.25) is 0 Å². The molecule has 156 valence electrons. The van der Waals surface area contributed by atoms with E-state index in [2.05, 4.69) is 25.5 Å². The molecule has 2 aliphatic heterocycles. The Bertz CT molecular complexity index is 1170. The zero-order valence-electron chi connectivity index (χ0n) is 16.7. The maximum absolute atomic E-state index is 14.9. The van der Waals surface area contributed by atoms with Crippen molar-refractivity contribution in [2.75, 3.05) is 11.9 Å². The summed E-state index contributed by atoms with van der Waals surface area (Å²) >= 11 is 0. The first-order chi connectivity index (χ1) is 14.4. The van der Waals surface area contributed by atoms with E-state index in [1.54, 1.807) is 22.6 Å². The Morgan fingerprint density at radius 2 is 2.10 bits per heavy atom. The Labute approximate surface area is 171 Å². The van der Waals surface area contributed by atoms with E-state index >= 15 is 0 Å². The summed E-state index contributed by atoms with van der Waals surface area (Å²) in [5.41, 5.74) is 0.532. The summed E-state index contributed by atoms with van der Waals surface area (Å²) in [5, 5.41) is 22.4. The van der Waals surface area contributed by atoms with Gasteiger partial charge in [0, 0.05) is 26.2 Å². The maximum Gasteiger partial charge on any atom is 0.280 e. The highest BCUT2D eigenvalue weighted by Crippen LogP contribution is 2.34. The van der Waals surface area contributed by atoms with Gasteiger partial charge in [0.05, 0.1) is 35.0 Å². The van der Waals surface area contributed by atoms with Crippen LogP contribution < -0.4 is 15.8 Å². The number of benzene rings is 1. The third-order valence-corrected chi connectivity index (χ3v) is 6.28. The maximum atomic E-state index is 14.9. The molecule has 2 saturated heterocycles. The van der Waals surface area contributed by atoms with Crippen LogP contribution in [0.5, 0.6) is 5.75 Å². The van der Waals surface area contributed by atoms with Crippen LogP contribution in [0.3, 0.4) is 0 Å². The average molecular weight is 411 g/mol. The number of nitrogens with zero attached hydrogens (tertiary/aromatic N) is 6. The van der Waals surface area contributed by atoms with Gasteiger partial charge < -0.3 is 19.9 Å². The van der Waals surface area contributed by atoms with Crippen LogP contribution in [0.25, 0.3) is 22.3 Å². The van der Waals surface area contributed by atoms with Gasteiger partial charge in [0.1, 0.15) is 11.9 Å². The van der Waals surface area contributed by atoms with Crippen LogP contribution in [0.1, 0.15) is 19.3 Å². The van der Waals surface area contributed by atoms with Gasteiger partial charge in [-0.1, -0.05) is 0 Å². The number of phenols is 1. The molecule has 4 heterocycles. The van der Waals surface area contributed by atoms with Crippen LogP contribution in [-0.4, -0.2) is 61.2 Å². The molecule has 1 aromatic carbocycles. The molecule has 30 heavy (non-hydrogen) atoms. The van der Waals surface area contributed by atoms with Crippen LogP contribution in [0, 0.1) is 0 Å². The normalized spacial score (nSPS) is 25.6. The minimum atomic E-state index is -0.977. The second-order valence-corrected chi connectivity index (χ2v) is 8.09. The van der Waals surface area contributed by atoms with Crippen molar-refractivity contribution in [3.63, 3.8) is 0 Å². The van der Waals surface area contributed by atoms with Crippen molar-refractivity contribution in [2.24, 2.45) is 7.05 Å². The van der Waals surface area contributed by atoms with Crippen LogP contribution in [-0.2, 0) is 7.05 Å². The summed E-state index contributed by atoms with van der Waals surface area (Å²) in [6.07, 6.45) is 4.55. The third-order valence-electron chi connectivity index (χ3n) is 6.28. The SMILES string of the molecule is CN(c1cnc(-c2cc3c(cc2O)c(=O)ncn3C)nn1)C1CC2CCC(N2)[C@H]1F. The Morgan fingerprint density at radius 3 is 2.87 bits per heavy atom. The standard InChI is InChI=1S/C20H22FN7O2/c1-27-9-23-20(30)11-7-16(29)12(6-14(11)27)19-22-8-17(25-26-19)28(2)15-5-10-3-4-13(24-10)18(15)21/h6-10,13,15,18,24,29H,3-5H2,1-2H3/t10?,13?,15?,18-/m1/s1. The molecule has 5 rings (SSSR count). The zero-order chi connectivity index (χ0) is 21.0. The van der Waals surface area contributed by atoms with Gasteiger partial charge in [-0.2, -0.15) is 4.98 Å². The molecule has 2 fully saturated rings. The summed E-state index contributed by atoms with van der Waals surface area (Å²) < 4.78 is 16.5. The van der Waals surface area contributed by atoms with Gasteiger partial charge >= 0.3 is 0 Å². The first-order valence-corrected chi connectivity index (χ1v) is 9.94. The summed E-state index contributed by atoms with van der Waals surface area (Å²) in [7, 11) is 3.57. The van der Waals surface area contributed by atoms with Gasteiger partial charge in [-0.05, 0) is 31.4 Å². The summed E-state index contributed by atoms with van der Waals surface area (Å²) in [4.78, 5) is 21.9. The second kappa shape index (κ2) is 6.98. The first kappa shape index (κ1) is 18.9. The molecule has 0 aliphatic carbocycles. The molecule has 2 N–H and O–H groups in total. The van der Waals surface area contributed by atoms with E-state index in [9.17, 15) is 14.3 Å². The fourth-order valence-electron chi connectivity index (χ4n) is 4.56. The average Bonchev–Trinajstić information content (AvgIpc) is 3.16. The Morgan fingerprint density at radius 1 is 1.27 bits per heavy atom. The molecular weight excluding hydrogens is 389 g/mol. The van der Waals surface area contributed by atoms with E-state index in [-0.39, 0.29) is 23.7 Å². The van der Waals surface area contributed by atoms with E-state index in [1.807, 2.05) is 7.05 Å². The summed E-state index contributed by atoms with van der Waals surface area (Å²) in [5.74, 6) is 0.567. The molecule has 9 nitrogen and oxygen atoms in total. The predicted molar refractivity (Wildman–Crippen MR) is 109 cm³/mol. The summed E-state index contributed by atoms with van der Waals surface area (Å²) in [6.45, 7) is 0. The van der Waals surface area contributed by atoms with Gasteiger partial charge in [0.15, 0.2) is 11.6 Å². The molecule has 2 aromatic heterocycles. The number of piperidine rings is 1. The summed E-state index contributed by atoms with van der Waals surface area (Å²) in [6, 6.07) is 2.96. The fourth-order valence-corrected chi connectivity index (χ4v) is 4.56. The van der Waals surface area contributed by atoms with Crippen molar-refractivity contribution >= 4 is 16.7 Å². The smallest absolute Gasteiger partial charge is 0.280 e. The lowest BCUT2D eigenvalue weighted by Gasteiger charge is -2.38. The Kier molecular flexibility index (Phi) is 4.39. The van der Waals surface area contributed by atoms with E-state index in [0.717, 1.165) is 12.8 Å². The number of aromatic hydroxyl groups is 1. The molecule has 4 atom stereocenters. The van der Waals surface area contributed by atoms with Crippen molar-refractivity contribution in [1.82, 2.24) is 30.0 Å². The van der Waals surface area contributed by atoms with E-state index < -0.39 is 11.7 Å². The lowest BCUT2D eigenvalue weighted by atomic mass is 9.96. The largest absolute Gasteiger partial charge is 0.507 e. The highest BCUT2D eigenvalue weighted by molar-refractivity contribution is 5.86. The first-order valence-electron chi connectivity index (χ1n) is 9.94. The Balaban J connectivity index is 1.46. The number of halogens is 1. The molecule has 0 spiro atoms. The fraction of sp³-hybridized carbons (Fsp3) is 0.450. The molecule has 2 bridgehead atoms. The number of phenolic OH excluding ortho intramolecular Hbond substituents is 1. The van der Waals surface area contributed by atoms with Gasteiger partial charge in [-0.15, -0.1) is 10.2 Å². The van der Waals surface area contributed by atoms with E-state index in [1.165, 1.54) is 18.6 Å². The lowest BCUT2D eigenvalue weighted by molar-refractivity contribution is 0.176. The van der Waals surface area contributed by atoms with Crippen molar-refractivity contribution in [3.05, 3.63) is 35.0 Å². The van der Waals surface area contributed by atoms with Gasteiger partial charge in [-0.25, -0.2) is 9.37 Å². The minimum absolute atomic E-state index is 0.105.